The number of amides is 2. The predicted molar refractivity (Wildman–Crippen MR) is 116 cm³/mol. The van der Waals surface area contributed by atoms with Crippen LogP contribution in [0.1, 0.15) is 27.1 Å². The Labute approximate surface area is 180 Å². The Bertz CT molecular complexity index is 1360. The topological polar surface area (TPSA) is 93.1 Å². The van der Waals surface area contributed by atoms with Gasteiger partial charge in [-0.2, -0.15) is 5.10 Å². The lowest BCUT2D eigenvalue weighted by Gasteiger charge is -2.10. The van der Waals surface area contributed by atoms with E-state index in [0.717, 1.165) is 11.3 Å². The van der Waals surface area contributed by atoms with E-state index < -0.39 is 11.8 Å². The van der Waals surface area contributed by atoms with Crippen LogP contribution in [0.5, 0.6) is 0 Å². The van der Waals surface area contributed by atoms with Gasteiger partial charge in [-0.05, 0) is 31.2 Å². The monoisotopic (exact) mass is 436 g/mol. The third kappa shape index (κ3) is 3.95. The van der Waals surface area contributed by atoms with Crippen LogP contribution < -0.4 is 16.4 Å². The fourth-order valence-electron chi connectivity index (χ4n) is 3.12. The standard InChI is InChI=1S/C22H17FN4O3S/c1-2-27-22(30)14-8-4-3-7-13(14)19(26-27)21(29)25-24-20(28)18-12-11-17(31-18)15-9-5-6-10-16(15)23/h3-12H,2H2,1H3,(H,24,28)(H,25,29). The molecular weight excluding hydrogens is 419 g/mol. The number of hydrogen-bond acceptors (Lipinski definition) is 5. The van der Waals surface area contributed by atoms with Gasteiger partial charge in [0.15, 0.2) is 5.69 Å². The lowest BCUT2D eigenvalue weighted by atomic mass is 10.1. The second-order valence-corrected chi connectivity index (χ2v) is 7.65. The molecule has 4 rings (SSSR count). The molecule has 31 heavy (non-hydrogen) atoms. The number of nitrogens with one attached hydrogen (secondary N) is 2. The predicted octanol–water partition coefficient (Wildman–Crippen LogP) is 3.36. The molecule has 0 fully saturated rings. The number of aromatic nitrogens is 2. The van der Waals surface area contributed by atoms with Crippen molar-refractivity contribution in [3.8, 4) is 10.4 Å². The number of halogens is 1. The number of carbonyl (C=O) groups excluding carboxylic acids is 2. The third-order valence-corrected chi connectivity index (χ3v) is 5.76. The van der Waals surface area contributed by atoms with E-state index in [1.807, 2.05) is 0 Å². The number of hydrazine groups is 1. The summed E-state index contributed by atoms with van der Waals surface area (Å²) in [5, 5.41) is 4.88. The summed E-state index contributed by atoms with van der Waals surface area (Å²) in [7, 11) is 0. The number of aryl methyl sites for hydroxylation is 1. The van der Waals surface area contributed by atoms with Crippen LogP contribution in [-0.4, -0.2) is 21.6 Å². The molecule has 7 nitrogen and oxygen atoms in total. The minimum atomic E-state index is -0.655. The van der Waals surface area contributed by atoms with Crippen LogP contribution in [0.15, 0.2) is 65.5 Å². The van der Waals surface area contributed by atoms with Crippen molar-refractivity contribution in [1.29, 1.82) is 0 Å². The van der Waals surface area contributed by atoms with E-state index in [2.05, 4.69) is 16.0 Å². The molecule has 0 aliphatic rings. The average molecular weight is 436 g/mol. The number of nitrogens with zero attached hydrogens (tertiary/aromatic N) is 2. The van der Waals surface area contributed by atoms with Gasteiger partial charge in [0.1, 0.15) is 5.82 Å². The van der Waals surface area contributed by atoms with E-state index in [9.17, 15) is 18.8 Å². The zero-order chi connectivity index (χ0) is 22.0. The summed E-state index contributed by atoms with van der Waals surface area (Å²) < 4.78 is 15.2. The highest BCUT2D eigenvalue weighted by molar-refractivity contribution is 7.17. The van der Waals surface area contributed by atoms with E-state index in [1.165, 1.54) is 10.7 Å². The van der Waals surface area contributed by atoms with Gasteiger partial charge in [-0.15, -0.1) is 11.3 Å². The summed E-state index contributed by atoms with van der Waals surface area (Å²) in [6, 6.07) is 16.1. The number of carbonyl (C=O) groups is 2. The maximum Gasteiger partial charge on any atom is 0.290 e. The highest BCUT2D eigenvalue weighted by Crippen LogP contribution is 2.29. The van der Waals surface area contributed by atoms with Crippen LogP contribution >= 0.6 is 11.3 Å². The van der Waals surface area contributed by atoms with Crippen molar-refractivity contribution in [3.63, 3.8) is 0 Å². The van der Waals surface area contributed by atoms with Crippen molar-refractivity contribution in [2.45, 2.75) is 13.5 Å². The van der Waals surface area contributed by atoms with Crippen molar-refractivity contribution >= 4 is 33.9 Å². The minimum Gasteiger partial charge on any atom is -0.267 e. The largest absolute Gasteiger partial charge is 0.290 e. The molecule has 0 saturated carbocycles. The van der Waals surface area contributed by atoms with Gasteiger partial charge in [-0.3, -0.25) is 25.2 Å². The molecule has 156 valence electrons. The van der Waals surface area contributed by atoms with Gasteiger partial charge in [0.05, 0.1) is 10.3 Å². The van der Waals surface area contributed by atoms with Crippen LogP contribution in [0.3, 0.4) is 0 Å². The second kappa shape index (κ2) is 8.49. The smallest absolute Gasteiger partial charge is 0.267 e. The number of thiophene rings is 1. The number of rotatable bonds is 4. The number of hydrogen-bond donors (Lipinski definition) is 2. The molecule has 2 N–H and O–H groups in total. The van der Waals surface area contributed by atoms with Crippen LogP contribution in [0, 0.1) is 5.82 Å². The van der Waals surface area contributed by atoms with Gasteiger partial charge >= 0.3 is 0 Å². The van der Waals surface area contributed by atoms with Crippen LogP contribution in [-0.2, 0) is 6.54 Å². The van der Waals surface area contributed by atoms with Gasteiger partial charge in [-0.25, -0.2) is 9.07 Å². The summed E-state index contributed by atoms with van der Waals surface area (Å²) in [4.78, 5) is 38.5. The van der Waals surface area contributed by atoms with Gasteiger partial charge in [0, 0.05) is 22.4 Å². The first kappa shape index (κ1) is 20.4. The van der Waals surface area contributed by atoms with Crippen molar-refractivity contribution in [2.24, 2.45) is 0 Å². The summed E-state index contributed by atoms with van der Waals surface area (Å²) >= 11 is 1.10. The van der Waals surface area contributed by atoms with Crippen molar-refractivity contribution in [2.75, 3.05) is 0 Å². The van der Waals surface area contributed by atoms with Gasteiger partial charge in [-0.1, -0.05) is 36.4 Å². The van der Waals surface area contributed by atoms with Gasteiger partial charge in [0.2, 0.25) is 0 Å². The normalized spacial score (nSPS) is 10.8. The Kier molecular flexibility index (Phi) is 5.59. The molecule has 0 saturated heterocycles. The van der Waals surface area contributed by atoms with E-state index >= 15 is 0 Å². The fourth-order valence-corrected chi connectivity index (χ4v) is 4.05. The van der Waals surface area contributed by atoms with Gasteiger partial charge < -0.3 is 0 Å². The number of benzene rings is 2. The molecule has 4 aromatic rings. The summed E-state index contributed by atoms with van der Waals surface area (Å²) in [5.74, 6) is -1.58. The minimum absolute atomic E-state index is 0.0237. The average Bonchev–Trinajstić information content (AvgIpc) is 3.28. The molecule has 0 aliphatic carbocycles. The van der Waals surface area contributed by atoms with Crippen molar-refractivity contribution in [3.05, 3.63) is 87.4 Å². The molecule has 0 spiro atoms. The molecule has 0 bridgehead atoms. The zero-order valence-electron chi connectivity index (χ0n) is 16.4. The molecule has 2 amide bonds. The van der Waals surface area contributed by atoms with Crippen molar-refractivity contribution in [1.82, 2.24) is 20.6 Å². The molecule has 2 aromatic heterocycles. The first-order valence-corrected chi connectivity index (χ1v) is 10.3. The van der Waals surface area contributed by atoms with Gasteiger partial charge in [0.25, 0.3) is 17.4 Å². The summed E-state index contributed by atoms with van der Waals surface area (Å²) in [5.41, 5.74) is 4.81. The lowest BCUT2D eigenvalue weighted by molar-refractivity contribution is 0.0846. The van der Waals surface area contributed by atoms with Crippen LogP contribution in [0.2, 0.25) is 0 Å². The highest BCUT2D eigenvalue weighted by atomic mass is 32.1. The van der Waals surface area contributed by atoms with Crippen molar-refractivity contribution < 1.29 is 14.0 Å². The Morgan fingerprint density at radius 3 is 2.39 bits per heavy atom. The van der Waals surface area contributed by atoms with E-state index in [-0.39, 0.29) is 17.1 Å². The summed E-state index contributed by atoms with van der Waals surface area (Å²) in [6.45, 7) is 2.04. The molecule has 9 heteroatoms. The Hall–Kier alpha value is -3.85. The third-order valence-electron chi connectivity index (χ3n) is 4.64. The zero-order valence-corrected chi connectivity index (χ0v) is 17.2. The maximum atomic E-state index is 14.0. The molecule has 2 aromatic carbocycles. The molecule has 0 atom stereocenters. The lowest BCUT2D eigenvalue weighted by Crippen LogP contribution is -2.42. The van der Waals surface area contributed by atoms with Crippen LogP contribution in [0.4, 0.5) is 4.39 Å². The molecular formula is C22H17FN4O3S. The maximum absolute atomic E-state index is 14.0. The molecule has 0 radical (unpaired) electrons. The molecule has 0 unspecified atom stereocenters. The van der Waals surface area contributed by atoms with Crippen LogP contribution in [0.25, 0.3) is 21.2 Å². The Morgan fingerprint density at radius 1 is 0.968 bits per heavy atom. The number of fused-ring (bicyclic) bond motifs is 1. The molecule has 2 heterocycles. The molecule has 0 aliphatic heterocycles. The fraction of sp³-hybridized carbons (Fsp3) is 0.0909. The van der Waals surface area contributed by atoms with E-state index in [0.29, 0.717) is 32.6 Å². The Balaban J connectivity index is 1.54. The second-order valence-electron chi connectivity index (χ2n) is 6.57. The summed E-state index contributed by atoms with van der Waals surface area (Å²) in [6.07, 6.45) is 0. The first-order chi connectivity index (χ1) is 15.0. The van der Waals surface area contributed by atoms with E-state index in [1.54, 1.807) is 61.5 Å². The van der Waals surface area contributed by atoms with E-state index in [4.69, 9.17) is 0 Å². The first-order valence-electron chi connectivity index (χ1n) is 9.45. The highest BCUT2D eigenvalue weighted by Gasteiger charge is 2.18. The quantitative estimate of drug-likeness (QED) is 0.480. The SMILES string of the molecule is CCn1nc(C(=O)NNC(=O)c2ccc(-c3ccccc3F)s2)c2ccccc2c1=O. The Morgan fingerprint density at radius 2 is 1.65 bits per heavy atom.